The summed E-state index contributed by atoms with van der Waals surface area (Å²) in [6.07, 6.45) is 4.61. The zero-order valence-corrected chi connectivity index (χ0v) is 12.0. The Labute approximate surface area is 118 Å². The Morgan fingerprint density at radius 3 is 3.15 bits per heavy atom. The van der Waals surface area contributed by atoms with Crippen molar-refractivity contribution >= 4 is 16.8 Å². The molecule has 3 rings (SSSR count). The number of rotatable bonds is 4. The zero-order chi connectivity index (χ0) is 14.1. The maximum Gasteiger partial charge on any atom is 0.139 e. The Kier molecular flexibility index (Phi) is 3.63. The smallest absolute Gasteiger partial charge is 0.139 e. The molecule has 108 valence electrons. The molecule has 0 aromatic carbocycles. The van der Waals surface area contributed by atoms with Crippen molar-refractivity contribution in [3.63, 3.8) is 0 Å². The molecule has 0 amide bonds. The molecule has 1 aliphatic heterocycles. The lowest BCUT2D eigenvalue weighted by molar-refractivity contribution is 0.175. The van der Waals surface area contributed by atoms with E-state index in [9.17, 15) is 0 Å². The standard InChI is InChI=1S/C15H21N3O2/c1-11-13(17(2)8-9-19)4-7-18(11)15-12-5-10-20-14(12)3-6-16-15/h3,5-6,10-11,13,19H,4,7-9H2,1-2H3/t11-,13-/m1/s1. The van der Waals surface area contributed by atoms with Crippen molar-refractivity contribution in [2.24, 2.45) is 0 Å². The van der Waals surface area contributed by atoms with Crippen LogP contribution in [0.4, 0.5) is 5.82 Å². The predicted octanol–water partition coefficient (Wildman–Crippen LogP) is 1.72. The van der Waals surface area contributed by atoms with Crippen LogP contribution in [0.1, 0.15) is 13.3 Å². The van der Waals surface area contributed by atoms with Crippen molar-refractivity contribution in [2.45, 2.75) is 25.4 Å². The molecule has 0 spiro atoms. The molecule has 2 aromatic heterocycles. The Morgan fingerprint density at radius 2 is 2.35 bits per heavy atom. The van der Waals surface area contributed by atoms with E-state index in [2.05, 4.69) is 28.8 Å². The molecule has 1 aliphatic rings. The summed E-state index contributed by atoms with van der Waals surface area (Å²) in [6.45, 7) is 4.13. The normalized spacial score (nSPS) is 23.1. The third-order valence-electron chi connectivity index (χ3n) is 4.36. The van der Waals surface area contributed by atoms with Gasteiger partial charge in [-0.05, 0) is 32.5 Å². The molecule has 0 unspecified atom stereocenters. The van der Waals surface area contributed by atoms with E-state index in [4.69, 9.17) is 9.52 Å². The van der Waals surface area contributed by atoms with Gasteiger partial charge in [0.1, 0.15) is 11.4 Å². The highest BCUT2D eigenvalue weighted by molar-refractivity contribution is 5.88. The first-order valence-corrected chi connectivity index (χ1v) is 7.12. The lowest BCUT2D eigenvalue weighted by Crippen LogP contribution is -2.43. The number of pyridine rings is 1. The minimum Gasteiger partial charge on any atom is -0.464 e. The van der Waals surface area contributed by atoms with Gasteiger partial charge in [-0.2, -0.15) is 0 Å². The number of fused-ring (bicyclic) bond motifs is 1. The van der Waals surface area contributed by atoms with Gasteiger partial charge in [0.05, 0.1) is 18.3 Å². The van der Waals surface area contributed by atoms with Gasteiger partial charge in [0.25, 0.3) is 0 Å². The first-order valence-electron chi connectivity index (χ1n) is 7.12. The number of aromatic nitrogens is 1. The third kappa shape index (κ3) is 2.17. The average Bonchev–Trinajstić information content (AvgIpc) is 3.05. The van der Waals surface area contributed by atoms with Gasteiger partial charge in [-0.1, -0.05) is 0 Å². The van der Waals surface area contributed by atoms with Gasteiger partial charge in [-0.15, -0.1) is 0 Å². The van der Waals surface area contributed by atoms with Crippen LogP contribution in [0.2, 0.25) is 0 Å². The van der Waals surface area contributed by atoms with Crippen LogP contribution >= 0.6 is 0 Å². The number of aliphatic hydroxyl groups excluding tert-OH is 1. The van der Waals surface area contributed by atoms with Crippen LogP contribution in [-0.4, -0.2) is 53.8 Å². The van der Waals surface area contributed by atoms with Gasteiger partial charge < -0.3 is 14.4 Å². The molecule has 0 radical (unpaired) electrons. The van der Waals surface area contributed by atoms with Gasteiger partial charge in [0.2, 0.25) is 0 Å². The molecule has 0 saturated carbocycles. The van der Waals surface area contributed by atoms with E-state index in [1.807, 2.05) is 12.1 Å². The molecular weight excluding hydrogens is 254 g/mol. The van der Waals surface area contributed by atoms with E-state index in [1.54, 1.807) is 12.5 Å². The summed E-state index contributed by atoms with van der Waals surface area (Å²) in [5.41, 5.74) is 0.884. The SMILES string of the molecule is C[C@@H]1[C@H](N(C)CCO)CCN1c1nccc2occc12. The number of anilines is 1. The van der Waals surface area contributed by atoms with Gasteiger partial charge in [-0.3, -0.25) is 4.90 Å². The van der Waals surface area contributed by atoms with E-state index < -0.39 is 0 Å². The highest BCUT2D eigenvalue weighted by Gasteiger charge is 2.34. The van der Waals surface area contributed by atoms with Gasteiger partial charge >= 0.3 is 0 Å². The van der Waals surface area contributed by atoms with E-state index in [0.29, 0.717) is 18.6 Å². The summed E-state index contributed by atoms with van der Waals surface area (Å²) in [7, 11) is 2.08. The fourth-order valence-corrected chi connectivity index (χ4v) is 3.24. The van der Waals surface area contributed by atoms with Crippen LogP contribution in [0, 0.1) is 0 Å². The topological polar surface area (TPSA) is 52.7 Å². The highest BCUT2D eigenvalue weighted by atomic mass is 16.3. The lowest BCUT2D eigenvalue weighted by Gasteiger charge is -2.31. The monoisotopic (exact) mass is 275 g/mol. The molecule has 5 nitrogen and oxygen atoms in total. The maximum absolute atomic E-state index is 9.10. The summed E-state index contributed by atoms with van der Waals surface area (Å²) in [4.78, 5) is 9.13. The molecule has 3 heterocycles. The second-order valence-electron chi connectivity index (χ2n) is 5.46. The van der Waals surface area contributed by atoms with Gasteiger partial charge in [0, 0.05) is 31.4 Å². The molecule has 0 aliphatic carbocycles. The average molecular weight is 275 g/mol. The summed E-state index contributed by atoms with van der Waals surface area (Å²) in [5, 5.41) is 10.2. The van der Waals surface area contributed by atoms with Crippen LogP contribution in [-0.2, 0) is 0 Å². The highest BCUT2D eigenvalue weighted by Crippen LogP contribution is 2.32. The molecule has 1 fully saturated rings. The molecule has 1 N–H and O–H groups in total. The molecule has 2 aromatic rings. The fraction of sp³-hybridized carbons (Fsp3) is 0.533. The minimum atomic E-state index is 0.204. The second-order valence-corrected chi connectivity index (χ2v) is 5.46. The third-order valence-corrected chi connectivity index (χ3v) is 4.36. The zero-order valence-electron chi connectivity index (χ0n) is 12.0. The van der Waals surface area contributed by atoms with Crippen LogP contribution < -0.4 is 4.90 Å². The van der Waals surface area contributed by atoms with Crippen molar-refractivity contribution in [2.75, 3.05) is 31.6 Å². The van der Waals surface area contributed by atoms with E-state index in [0.717, 1.165) is 29.8 Å². The van der Waals surface area contributed by atoms with Crippen molar-refractivity contribution in [3.8, 4) is 0 Å². The summed E-state index contributed by atoms with van der Waals surface area (Å²) in [5.74, 6) is 1.00. The molecule has 5 heteroatoms. The number of hydrogen-bond acceptors (Lipinski definition) is 5. The van der Waals surface area contributed by atoms with E-state index in [1.165, 1.54) is 0 Å². The second kappa shape index (κ2) is 5.42. The molecule has 1 saturated heterocycles. The number of hydrogen-bond donors (Lipinski definition) is 1. The number of likely N-dealkylation sites (N-methyl/N-ethyl adjacent to an activating group) is 1. The van der Waals surface area contributed by atoms with Crippen LogP contribution in [0.3, 0.4) is 0 Å². The van der Waals surface area contributed by atoms with Crippen molar-refractivity contribution in [3.05, 3.63) is 24.6 Å². The van der Waals surface area contributed by atoms with Crippen molar-refractivity contribution in [1.82, 2.24) is 9.88 Å². The first kappa shape index (κ1) is 13.4. The van der Waals surface area contributed by atoms with Crippen molar-refractivity contribution in [1.29, 1.82) is 0 Å². The van der Waals surface area contributed by atoms with Gasteiger partial charge in [0.15, 0.2) is 0 Å². The Hall–Kier alpha value is -1.59. The molecular formula is C15H21N3O2. The maximum atomic E-state index is 9.10. The summed E-state index contributed by atoms with van der Waals surface area (Å²) in [6, 6.07) is 4.70. The fourth-order valence-electron chi connectivity index (χ4n) is 3.24. The Balaban J connectivity index is 1.87. The quantitative estimate of drug-likeness (QED) is 0.920. The minimum absolute atomic E-state index is 0.204. The van der Waals surface area contributed by atoms with Crippen LogP contribution in [0.25, 0.3) is 11.0 Å². The Bertz CT molecular complexity index is 583. The number of nitrogens with zero attached hydrogens (tertiary/aromatic N) is 3. The molecule has 20 heavy (non-hydrogen) atoms. The lowest BCUT2D eigenvalue weighted by atomic mass is 10.1. The van der Waals surface area contributed by atoms with Crippen LogP contribution in [0.5, 0.6) is 0 Å². The van der Waals surface area contributed by atoms with Crippen molar-refractivity contribution < 1.29 is 9.52 Å². The Morgan fingerprint density at radius 1 is 1.50 bits per heavy atom. The van der Waals surface area contributed by atoms with Gasteiger partial charge in [-0.25, -0.2) is 4.98 Å². The van der Waals surface area contributed by atoms with E-state index in [-0.39, 0.29) is 6.61 Å². The summed E-state index contributed by atoms with van der Waals surface area (Å²) >= 11 is 0. The van der Waals surface area contributed by atoms with Crippen LogP contribution in [0.15, 0.2) is 29.0 Å². The summed E-state index contributed by atoms with van der Waals surface area (Å²) < 4.78 is 5.46. The predicted molar refractivity (Wildman–Crippen MR) is 78.9 cm³/mol. The number of furan rings is 1. The molecule has 2 atom stereocenters. The van der Waals surface area contributed by atoms with E-state index >= 15 is 0 Å². The molecule has 0 bridgehead atoms. The number of aliphatic hydroxyl groups is 1. The first-order chi connectivity index (χ1) is 9.72. The largest absolute Gasteiger partial charge is 0.464 e.